The average molecular weight is 126 g/mol. The number of rotatable bonds is 3. The Bertz CT molecular complexity index is 110. The monoisotopic (exact) mass is 126 g/mol. The predicted octanol–water partition coefficient (Wildman–Crippen LogP) is 1.74. The van der Waals surface area contributed by atoms with Crippen LogP contribution in [0.3, 0.4) is 0 Å². The molecule has 0 radical (unpaired) electrons. The zero-order chi connectivity index (χ0) is 7.11. The van der Waals surface area contributed by atoms with Crippen molar-refractivity contribution in [2.45, 2.75) is 20.3 Å². The van der Waals surface area contributed by atoms with Gasteiger partial charge in [0, 0.05) is 12.5 Å². The van der Waals surface area contributed by atoms with Gasteiger partial charge in [-0.3, -0.25) is 0 Å². The molecule has 0 spiro atoms. The quantitative estimate of drug-likeness (QED) is 0.571. The Labute approximate surface area is 56.7 Å². The molecule has 1 nitrogen and oxygen atoms in total. The highest BCUT2D eigenvalue weighted by Gasteiger charge is 1.88. The Morgan fingerprint density at radius 3 is 2.78 bits per heavy atom. The Balaban J connectivity index is 3.55. The topological polar surface area (TPSA) is 20.2 Å². The van der Waals surface area contributed by atoms with Crippen molar-refractivity contribution >= 4 is 0 Å². The van der Waals surface area contributed by atoms with Crippen molar-refractivity contribution in [3.8, 4) is 0 Å². The van der Waals surface area contributed by atoms with Crippen LogP contribution >= 0.6 is 0 Å². The lowest BCUT2D eigenvalue weighted by Gasteiger charge is -1.93. The molecule has 0 saturated heterocycles. The van der Waals surface area contributed by atoms with Gasteiger partial charge in [-0.15, -0.1) is 5.73 Å². The van der Waals surface area contributed by atoms with Gasteiger partial charge in [0.25, 0.3) is 0 Å². The second-order valence-electron chi connectivity index (χ2n) is 2.11. The lowest BCUT2D eigenvalue weighted by atomic mass is 10.2. The van der Waals surface area contributed by atoms with E-state index in [2.05, 4.69) is 12.7 Å². The van der Waals surface area contributed by atoms with Crippen molar-refractivity contribution in [3.63, 3.8) is 0 Å². The first kappa shape index (κ1) is 8.48. The molecular weight excluding hydrogens is 112 g/mol. The van der Waals surface area contributed by atoms with E-state index in [0.717, 1.165) is 6.42 Å². The smallest absolute Gasteiger partial charge is 0.0497 e. The van der Waals surface area contributed by atoms with Crippen LogP contribution in [0, 0.1) is 5.92 Å². The molecule has 0 fully saturated rings. The van der Waals surface area contributed by atoms with Gasteiger partial charge in [0.15, 0.2) is 0 Å². The minimum absolute atomic E-state index is 0.213. The van der Waals surface area contributed by atoms with Crippen molar-refractivity contribution < 1.29 is 5.11 Å². The molecule has 0 aromatic carbocycles. The van der Waals surface area contributed by atoms with Crippen LogP contribution in [-0.4, -0.2) is 11.7 Å². The SMILES string of the molecule is CCC=C=CC(C)CO. The molecule has 1 unspecified atom stereocenters. The molecular formula is C8H14O. The fraction of sp³-hybridized carbons (Fsp3) is 0.625. The highest BCUT2D eigenvalue weighted by atomic mass is 16.3. The van der Waals surface area contributed by atoms with Gasteiger partial charge in [0.1, 0.15) is 0 Å². The summed E-state index contributed by atoms with van der Waals surface area (Å²) in [7, 11) is 0. The molecule has 0 saturated carbocycles. The molecule has 0 amide bonds. The van der Waals surface area contributed by atoms with E-state index in [9.17, 15) is 0 Å². The van der Waals surface area contributed by atoms with Gasteiger partial charge in [-0.1, -0.05) is 13.8 Å². The van der Waals surface area contributed by atoms with Crippen LogP contribution in [-0.2, 0) is 0 Å². The van der Waals surface area contributed by atoms with Gasteiger partial charge in [-0.25, -0.2) is 0 Å². The van der Waals surface area contributed by atoms with Gasteiger partial charge in [0.05, 0.1) is 0 Å². The Morgan fingerprint density at radius 2 is 2.33 bits per heavy atom. The van der Waals surface area contributed by atoms with Crippen LogP contribution in [0.2, 0.25) is 0 Å². The third kappa shape index (κ3) is 5.35. The second-order valence-corrected chi connectivity index (χ2v) is 2.11. The largest absolute Gasteiger partial charge is 0.396 e. The summed E-state index contributed by atoms with van der Waals surface area (Å²) in [5.74, 6) is 0.243. The second kappa shape index (κ2) is 5.61. The summed E-state index contributed by atoms with van der Waals surface area (Å²) in [6, 6.07) is 0. The first-order valence-corrected chi connectivity index (χ1v) is 3.33. The highest BCUT2D eigenvalue weighted by Crippen LogP contribution is 1.92. The van der Waals surface area contributed by atoms with Gasteiger partial charge < -0.3 is 5.11 Å². The third-order valence-corrected chi connectivity index (χ3v) is 0.991. The van der Waals surface area contributed by atoms with Crippen molar-refractivity contribution in [1.29, 1.82) is 0 Å². The molecule has 1 heteroatoms. The van der Waals surface area contributed by atoms with E-state index < -0.39 is 0 Å². The maximum Gasteiger partial charge on any atom is 0.0497 e. The first-order chi connectivity index (χ1) is 4.31. The summed E-state index contributed by atoms with van der Waals surface area (Å²) < 4.78 is 0. The molecule has 0 bridgehead atoms. The molecule has 0 aliphatic heterocycles. The summed E-state index contributed by atoms with van der Waals surface area (Å²) in [5, 5.41) is 8.55. The van der Waals surface area contributed by atoms with Crippen LogP contribution in [0.5, 0.6) is 0 Å². The van der Waals surface area contributed by atoms with Gasteiger partial charge in [0.2, 0.25) is 0 Å². The molecule has 52 valence electrons. The van der Waals surface area contributed by atoms with Crippen LogP contribution in [0.25, 0.3) is 0 Å². The van der Waals surface area contributed by atoms with Crippen LogP contribution in [0.1, 0.15) is 20.3 Å². The summed E-state index contributed by atoms with van der Waals surface area (Å²) in [6.07, 6.45) is 4.84. The molecule has 0 aromatic rings. The standard InChI is InChI=1S/C8H14O/c1-3-4-5-6-8(2)7-9/h4,6,8-9H,3,7H2,1-2H3. The molecule has 9 heavy (non-hydrogen) atoms. The van der Waals surface area contributed by atoms with Crippen LogP contribution in [0.4, 0.5) is 0 Å². The molecule has 0 heterocycles. The van der Waals surface area contributed by atoms with Crippen molar-refractivity contribution in [2.24, 2.45) is 5.92 Å². The zero-order valence-electron chi connectivity index (χ0n) is 6.09. The summed E-state index contributed by atoms with van der Waals surface area (Å²) >= 11 is 0. The first-order valence-electron chi connectivity index (χ1n) is 3.33. The van der Waals surface area contributed by atoms with E-state index in [1.165, 1.54) is 0 Å². The zero-order valence-corrected chi connectivity index (χ0v) is 6.09. The third-order valence-electron chi connectivity index (χ3n) is 0.991. The van der Waals surface area contributed by atoms with Crippen molar-refractivity contribution in [3.05, 3.63) is 17.9 Å². The Hall–Kier alpha value is -0.520. The Morgan fingerprint density at radius 1 is 1.67 bits per heavy atom. The van der Waals surface area contributed by atoms with Gasteiger partial charge in [-0.2, -0.15) is 0 Å². The predicted molar refractivity (Wildman–Crippen MR) is 39.2 cm³/mol. The van der Waals surface area contributed by atoms with Crippen molar-refractivity contribution in [2.75, 3.05) is 6.61 Å². The van der Waals surface area contributed by atoms with E-state index >= 15 is 0 Å². The number of aliphatic hydroxyl groups is 1. The van der Waals surface area contributed by atoms with E-state index in [-0.39, 0.29) is 12.5 Å². The maximum atomic E-state index is 8.55. The summed E-state index contributed by atoms with van der Waals surface area (Å²) in [4.78, 5) is 0. The number of hydrogen-bond donors (Lipinski definition) is 1. The molecule has 1 atom stereocenters. The van der Waals surface area contributed by atoms with Gasteiger partial charge in [-0.05, 0) is 18.6 Å². The van der Waals surface area contributed by atoms with E-state index in [0.29, 0.717) is 0 Å². The fourth-order valence-electron chi connectivity index (χ4n) is 0.403. The maximum absolute atomic E-state index is 8.55. The van der Waals surface area contributed by atoms with Crippen LogP contribution < -0.4 is 0 Å². The molecule has 0 rings (SSSR count). The molecule has 0 aromatic heterocycles. The summed E-state index contributed by atoms with van der Waals surface area (Å²) in [5.41, 5.74) is 2.98. The average Bonchev–Trinajstić information content (AvgIpc) is 1.89. The number of aliphatic hydroxyl groups excluding tert-OH is 1. The highest BCUT2D eigenvalue weighted by molar-refractivity contribution is 4.87. The van der Waals surface area contributed by atoms with E-state index in [4.69, 9.17) is 5.11 Å². The normalized spacial score (nSPS) is 11.9. The van der Waals surface area contributed by atoms with Gasteiger partial charge >= 0.3 is 0 Å². The molecule has 0 aliphatic rings. The summed E-state index contributed by atoms with van der Waals surface area (Å²) in [6.45, 7) is 4.23. The van der Waals surface area contributed by atoms with E-state index in [1.807, 2.05) is 19.1 Å². The fourth-order valence-corrected chi connectivity index (χ4v) is 0.403. The van der Waals surface area contributed by atoms with Crippen molar-refractivity contribution in [1.82, 2.24) is 0 Å². The molecule has 0 aliphatic carbocycles. The van der Waals surface area contributed by atoms with E-state index in [1.54, 1.807) is 0 Å². The minimum atomic E-state index is 0.213. The lowest BCUT2D eigenvalue weighted by molar-refractivity contribution is 0.262. The lowest BCUT2D eigenvalue weighted by Crippen LogP contribution is -1.93. The number of hydrogen-bond acceptors (Lipinski definition) is 1. The van der Waals surface area contributed by atoms with Crippen LogP contribution in [0.15, 0.2) is 17.9 Å². The minimum Gasteiger partial charge on any atom is -0.396 e. The Kier molecular flexibility index (Phi) is 5.29. The molecule has 1 N–H and O–H groups in total.